The SMILES string of the molecule is O=C(CN1CCN(C(=O)CCCc2ccc(Cl)c(Cl)c2)CC1)NC1CC1. The topological polar surface area (TPSA) is 52.7 Å². The van der Waals surface area contributed by atoms with E-state index in [1.165, 1.54) is 0 Å². The van der Waals surface area contributed by atoms with Crippen LogP contribution >= 0.6 is 23.2 Å². The molecule has 1 aliphatic heterocycles. The van der Waals surface area contributed by atoms with E-state index in [1.807, 2.05) is 17.0 Å². The van der Waals surface area contributed by atoms with Gasteiger partial charge >= 0.3 is 0 Å². The highest BCUT2D eigenvalue weighted by molar-refractivity contribution is 6.42. The van der Waals surface area contributed by atoms with Crippen molar-refractivity contribution in [3.05, 3.63) is 33.8 Å². The largest absolute Gasteiger partial charge is 0.352 e. The van der Waals surface area contributed by atoms with Gasteiger partial charge in [-0.25, -0.2) is 0 Å². The highest BCUT2D eigenvalue weighted by Crippen LogP contribution is 2.23. The molecule has 7 heteroatoms. The summed E-state index contributed by atoms with van der Waals surface area (Å²) in [6.07, 6.45) is 4.35. The number of amides is 2. The molecule has 2 amide bonds. The molecule has 1 saturated carbocycles. The lowest BCUT2D eigenvalue weighted by Crippen LogP contribution is -2.51. The number of nitrogens with one attached hydrogen (secondary N) is 1. The van der Waals surface area contributed by atoms with Gasteiger partial charge in [-0.1, -0.05) is 29.3 Å². The Balaban J connectivity index is 1.34. The molecule has 3 rings (SSSR count). The summed E-state index contributed by atoms with van der Waals surface area (Å²) < 4.78 is 0. The summed E-state index contributed by atoms with van der Waals surface area (Å²) in [6, 6.07) is 6.00. The maximum absolute atomic E-state index is 12.4. The van der Waals surface area contributed by atoms with Crippen LogP contribution in [-0.2, 0) is 16.0 Å². The molecule has 1 aliphatic carbocycles. The Morgan fingerprint density at radius 2 is 1.81 bits per heavy atom. The van der Waals surface area contributed by atoms with E-state index in [1.54, 1.807) is 6.07 Å². The van der Waals surface area contributed by atoms with Gasteiger partial charge in [0.2, 0.25) is 11.8 Å². The Morgan fingerprint density at radius 1 is 1.08 bits per heavy atom. The minimum atomic E-state index is 0.105. The maximum Gasteiger partial charge on any atom is 0.234 e. The first-order valence-electron chi connectivity index (χ1n) is 9.24. The number of benzene rings is 1. The van der Waals surface area contributed by atoms with Gasteiger partial charge in [0, 0.05) is 38.6 Å². The summed E-state index contributed by atoms with van der Waals surface area (Å²) in [4.78, 5) is 28.2. The molecule has 0 spiro atoms. The molecule has 26 heavy (non-hydrogen) atoms. The number of nitrogens with zero attached hydrogens (tertiary/aromatic N) is 2. The second-order valence-electron chi connectivity index (χ2n) is 7.10. The molecule has 0 radical (unpaired) electrons. The Hall–Kier alpha value is -1.30. The molecule has 5 nitrogen and oxygen atoms in total. The molecular formula is C19H25Cl2N3O2. The summed E-state index contributed by atoms with van der Waals surface area (Å²) in [7, 11) is 0. The van der Waals surface area contributed by atoms with Crippen LogP contribution in [0.1, 0.15) is 31.2 Å². The van der Waals surface area contributed by atoms with Gasteiger partial charge in [0.15, 0.2) is 0 Å². The van der Waals surface area contributed by atoms with E-state index in [0.717, 1.165) is 44.3 Å². The monoisotopic (exact) mass is 397 g/mol. The van der Waals surface area contributed by atoms with Gasteiger partial charge in [0.05, 0.1) is 16.6 Å². The van der Waals surface area contributed by atoms with Crippen molar-refractivity contribution in [2.45, 2.75) is 38.1 Å². The fourth-order valence-corrected chi connectivity index (χ4v) is 3.48. The van der Waals surface area contributed by atoms with Crippen molar-refractivity contribution in [1.82, 2.24) is 15.1 Å². The predicted molar refractivity (Wildman–Crippen MR) is 104 cm³/mol. The van der Waals surface area contributed by atoms with Gasteiger partial charge in [-0.2, -0.15) is 0 Å². The fourth-order valence-electron chi connectivity index (χ4n) is 3.16. The van der Waals surface area contributed by atoms with Crippen LogP contribution in [0.15, 0.2) is 18.2 Å². The van der Waals surface area contributed by atoms with Gasteiger partial charge in [-0.05, 0) is 43.4 Å². The standard InChI is InChI=1S/C19H25Cl2N3O2/c20-16-7-4-14(12-17(16)21)2-1-3-19(26)24-10-8-23(9-11-24)13-18(25)22-15-5-6-15/h4,7,12,15H,1-3,5-6,8-11,13H2,(H,22,25). The number of carbonyl (C=O) groups excluding carboxylic acids is 2. The van der Waals surface area contributed by atoms with E-state index in [9.17, 15) is 9.59 Å². The van der Waals surface area contributed by atoms with E-state index in [2.05, 4.69) is 10.2 Å². The van der Waals surface area contributed by atoms with Crippen LogP contribution in [0.2, 0.25) is 10.0 Å². The molecule has 0 unspecified atom stereocenters. The van der Waals surface area contributed by atoms with Crippen molar-refractivity contribution in [1.29, 1.82) is 0 Å². The second kappa shape index (κ2) is 9.07. The van der Waals surface area contributed by atoms with Crippen molar-refractivity contribution in [3.63, 3.8) is 0 Å². The van der Waals surface area contributed by atoms with Crippen molar-refractivity contribution in [2.24, 2.45) is 0 Å². The molecule has 1 saturated heterocycles. The van der Waals surface area contributed by atoms with Gasteiger partial charge in [-0.15, -0.1) is 0 Å². The first kappa shape index (κ1) is 19.5. The first-order chi connectivity index (χ1) is 12.5. The number of rotatable bonds is 7. The summed E-state index contributed by atoms with van der Waals surface area (Å²) in [5.74, 6) is 0.293. The minimum Gasteiger partial charge on any atom is -0.352 e. The zero-order valence-electron chi connectivity index (χ0n) is 14.8. The molecule has 0 aromatic heterocycles. The number of aryl methyl sites for hydroxylation is 1. The molecule has 1 aromatic rings. The summed E-state index contributed by atoms with van der Waals surface area (Å²) >= 11 is 11.9. The molecule has 1 N–H and O–H groups in total. The Morgan fingerprint density at radius 3 is 2.46 bits per heavy atom. The maximum atomic E-state index is 12.4. The van der Waals surface area contributed by atoms with Gasteiger partial charge in [-0.3, -0.25) is 14.5 Å². The van der Waals surface area contributed by atoms with E-state index >= 15 is 0 Å². The number of hydrogen-bond acceptors (Lipinski definition) is 3. The highest BCUT2D eigenvalue weighted by atomic mass is 35.5. The predicted octanol–water partition coefficient (Wildman–Crippen LogP) is 2.74. The van der Waals surface area contributed by atoms with E-state index in [4.69, 9.17) is 23.2 Å². The fraction of sp³-hybridized carbons (Fsp3) is 0.579. The Labute approximate surface area is 164 Å². The van der Waals surface area contributed by atoms with E-state index in [-0.39, 0.29) is 11.8 Å². The van der Waals surface area contributed by atoms with Gasteiger partial charge < -0.3 is 10.2 Å². The van der Waals surface area contributed by atoms with E-state index < -0.39 is 0 Å². The lowest BCUT2D eigenvalue weighted by atomic mass is 10.1. The molecular weight excluding hydrogens is 373 g/mol. The molecule has 0 atom stereocenters. The molecule has 142 valence electrons. The summed E-state index contributed by atoms with van der Waals surface area (Å²) in [5, 5.41) is 4.11. The molecule has 1 heterocycles. The van der Waals surface area contributed by atoms with Crippen molar-refractivity contribution in [3.8, 4) is 0 Å². The van der Waals surface area contributed by atoms with Crippen LogP contribution in [0, 0.1) is 0 Å². The van der Waals surface area contributed by atoms with Crippen LogP contribution < -0.4 is 5.32 Å². The second-order valence-corrected chi connectivity index (χ2v) is 7.92. The minimum absolute atomic E-state index is 0.105. The lowest BCUT2D eigenvalue weighted by Gasteiger charge is -2.34. The molecule has 0 bridgehead atoms. The Bertz CT molecular complexity index is 656. The van der Waals surface area contributed by atoms with Gasteiger partial charge in [0.25, 0.3) is 0 Å². The average molecular weight is 398 g/mol. The zero-order valence-corrected chi connectivity index (χ0v) is 16.4. The van der Waals surface area contributed by atoms with Crippen molar-refractivity contribution in [2.75, 3.05) is 32.7 Å². The van der Waals surface area contributed by atoms with Crippen LogP contribution in [-0.4, -0.2) is 60.4 Å². The van der Waals surface area contributed by atoms with Crippen molar-refractivity contribution < 1.29 is 9.59 Å². The number of carbonyl (C=O) groups is 2. The van der Waals surface area contributed by atoms with Crippen LogP contribution in [0.3, 0.4) is 0 Å². The lowest BCUT2D eigenvalue weighted by molar-refractivity contribution is -0.133. The molecule has 2 aliphatic rings. The third-order valence-electron chi connectivity index (χ3n) is 4.87. The third-order valence-corrected chi connectivity index (χ3v) is 5.61. The van der Waals surface area contributed by atoms with Crippen molar-refractivity contribution >= 4 is 35.0 Å². The van der Waals surface area contributed by atoms with Crippen LogP contribution in [0.5, 0.6) is 0 Å². The smallest absolute Gasteiger partial charge is 0.234 e. The van der Waals surface area contributed by atoms with Crippen LogP contribution in [0.25, 0.3) is 0 Å². The molecule has 2 fully saturated rings. The summed E-state index contributed by atoms with van der Waals surface area (Å²) in [5.41, 5.74) is 1.10. The quantitative estimate of drug-likeness (QED) is 0.769. The van der Waals surface area contributed by atoms with Crippen LogP contribution in [0.4, 0.5) is 0 Å². The normalized spacial score (nSPS) is 18.0. The van der Waals surface area contributed by atoms with Gasteiger partial charge in [0.1, 0.15) is 0 Å². The zero-order chi connectivity index (χ0) is 18.5. The number of hydrogen-bond donors (Lipinski definition) is 1. The molecule has 1 aromatic carbocycles. The third kappa shape index (κ3) is 5.86. The number of piperazine rings is 1. The first-order valence-corrected chi connectivity index (χ1v) is 10.0. The summed E-state index contributed by atoms with van der Waals surface area (Å²) in [6.45, 7) is 3.35. The number of halogens is 2. The highest BCUT2D eigenvalue weighted by Gasteiger charge is 2.26. The Kier molecular flexibility index (Phi) is 6.79. The average Bonchev–Trinajstić information content (AvgIpc) is 3.42. The van der Waals surface area contributed by atoms with E-state index in [0.29, 0.717) is 42.1 Å².